The van der Waals surface area contributed by atoms with Gasteiger partial charge in [0, 0.05) is 35.7 Å². The molecule has 1 saturated heterocycles. The minimum absolute atomic E-state index is 0.0556. The van der Waals surface area contributed by atoms with E-state index in [0.717, 1.165) is 42.2 Å². The Morgan fingerprint density at radius 2 is 1.74 bits per heavy atom. The summed E-state index contributed by atoms with van der Waals surface area (Å²) in [6.45, 7) is 4.37. The van der Waals surface area contributed by atoms with Crippen molar-refractivity contribution in [2.45, 2.75) is 45.1 Å². The number of ketones is 1. The number of benzene rings is 3. The van der Waals surface area contributed by atoms with Crippen LogP contribution in [0.25, 0.3) is 10.8 Å². The summed E-state index contributed by atoms with van der Waals surface area (Å²) in [6, 6.07) is 17.5. The van der Waals surface area contributed by atoms with E-state index in [1.165, 1.54) is 16.5 Å². The number of likely N-dealkylation sites (tertiary alicyclic amines) is 1. The van der Waals surface area contributed by atoms with Crippen molar-refractivity contribution in [3.63, 3.8) is 0 Å². The molecule has 34 heavy (non-hydrogen) atoms. The first-order valence-electron chi connectivity index (χ1n) is 12.0. The van der Waals surface area contributed by atoms with E-state index in [-0.39, 0.29) is 17.6 Å². The molecule has 3 aromatic rings. The Morgan fingerprint density at radius 3 is 2.47 bits per heavy atom. The van der Waals surface area contributed by atoms with Gasteiger partial charge in [-0.1, -0.05) is 42.2 Å². The summed E-state index contributed by atoms with van der Waals surface area (Å²) in [5.74, 6) is 5.61. The van der Waals surface area contributed by atoms with E-state index in [2.05, 4.69) is 36.1 Å². The van der Waals surface area contributed by atoms with Gasteiger partial charge in [0.05, 0.1) is 0 Å². The van der Waals surface area contributed by atoms with Gasteiger partial charge in [-0.25, -0.2) is 0 Å². The third kappa shape index (κ3) is 4.36. The molecule has 2 aliphatic rings. The fourth-order valence-corrected chi connectivity index (χ4v) is 5.16. The maximum absolute atomic E-state index is 13.6. The average Bonchev–Trinajstić information content (AvgIpc) is 3.27. The molecule has 1 N–H and O–H groups in total. The van der Waals surface area contributed by atoms with Gasteiger partial charge in [-0.15, -0.1) is 0 Å². The van der Waals surface area contributed by atoms with E-state index in [0.29, 0.717) is 18.7 Å². The minimum Gasteiger partial charge on any atom is -0.378 e. The van der Waals surface area contributed by atoms with Crippen molar-refractivity contribution in [1.29, 1.82) is 0 Å². The number of piperidine rings is 1. The molecular formula is C30H29NO3. The fourth-order valence-electron chi connectivity index (χ4n) is 5.16. The lowest BCUT2D eigenvalue weighted by Gasteiger charge is -2.32. The van der Waals surface area contributed by atoms with E-state index in [1.54, 1.807) is 38.1 Å². The highest BCUT2D eigenvalue weighted by molar-refractivity contribution is 6.11. The van der Waals surface area contributed by atoms with Crippen LogP contribution < -0.4 is 0 Å². The Labute approximate surface area is 200 Å². The maximum atomic E-state index is 13.6. The fraction of sp³-hybridized carbons (Fsp3) is 0.333. The number of aliphatic hydroxyl groups is 1. The quantitative estimate of drug-likeness (QED) is 0.460. The van der Waals surface area contributed by atoms with Crippen LogP contribution in [0, 0.1) is 17.8 Å². The van der Waals surface area contributed by atoms with Crippen LogP contribution >= 0.6 is 0 Å². The number of rotatable bonds is 3. The lowest BCUT2D eigenvalue weighted by molar-refractivity contribution is 0.0637. The highest BCUT2D eigenvalue weighted by Gasteiger charge is 2.31. The molecule has 172 valence electrons. The van der Waals surface area contributed by atoms with Crippen LogP contribution in [0.1, 0.15) is 64.1 Å². The summed E-state index contributed by atoms with van der Waals surface area (Å²) < 4.78 is 0. The van der Waals surface area contributed by atoms with Gasteiger partial charge >= 0.3 is 0 Å². The number of carbonyl (C=O) groups is 2. The molecular weight excluding hydrogens is 422 g/mol. The Kier molecular flexibility index (Phi) is 5.75. The molecule has 1 fully saturated rings. The summed E-state index contributed by atoms with van der Waals surface area (Å²) in [7, 11) is 0. The first kappa shape index (κ1) is 22.4. The number of carbonyl (C=O) groups excluding carboxylic acids is 2. The minimum atomic E-state index is -1.06. The molecule has 1 aliphatic carbocycles. The third-order valence-electron chi connectivity index (χ3n) is 6.87. The molecule has 0 radical (unpaired) electrons. The Balaban J connectivity index is 1.33. The second-order valence-corrected chi connectivity index (χ2v) is 9.95. The van der Waals surface area contributed by atoms with Crippen molar-refractivity contribution in [3.05, 3.63) is 82.4 Å². The molecule has 4 heteroatoms. The smallest absolute Gasteiger partial charge is 0.253 e. The molecule has 1 heterocycles. The van der Waals surface area contributed by atoms with Crippen molar-refractivity contribution in [2.75, 3.05) is 13.1 Å². The summed E-state index contributed by atoms with van der Waals surface area (Å²) in [4.78, 5) is 28.6. The van der Waals surface area contributed by atoms with Crippen molar-refractivity contribution >= 4 is 22.5 Å². The van der Waals surface area contributed by atoms with E-state index >= 15 is 0 Å². The van der Waals surface area contributed by atoms with Gasteiger partial charge in [0.15, 0.2) is 5.78 Å². The van der Waals surface area contributed by atoms with E-state index in [9.17, 15) is 14.7 Å². The predicted molar refractivity (Wildman–Crippen MR) is 134 cm³/mol. The van der Waals surface area contributed by atoms with Crippen molar-refractivity contribution < 1.29 is 14.7 Å². The van der Waals surface area contributed by atoms with E-state index < -0.39 is 5.60 Å². The maximum Gasteiger partial charge on any atom is 0.253 e. The number of Topliss-reactive ketones (excluding diaryl/α,β-unsaturated/α-hetero) is 1. The highest BCUT2D eigenvalue weighted by atomic mass is 16.3. The number of aryl methyl sites for hydroxylation is 2. The molecule has 1 atom stereocenters. The first-order chi connectivity index (χ1) is 16.3. The number of amides is 1. The zero-order valence-corrected chi connectivity index (χ0v) is 19.7. The molecule has 0 aromatic heterocycles. The Bertz CT molecular complexity index is 1330. The summed E-state index contributed by atoms with van der Waals surface area (Å²) in [5, 5.41) is 12.1. The summed E-state index contributed by atoms with van der Waals surface area (Å²) in [5.41, 5.74) is 3.73. The molecule has 5 rings (SSSR count). The normalized spacial score (nSPS) is 17.4. The van der Waals surface area contributed by atoms with E-state index in [1.807, 2.05) is 11.0 Å². The molecule has 0 bridgehead atoms. The van der Waals surface area contributed by atoms with Crippen LogP contribution in [0.5, 0.6) is 0 Å². The lowest BCUT2D eigenvalue weighted by atomic mass is 9.87. The zero-order valence-electron chi connectivity index (χ0n) is 19.7. The molecule has 0 spiro atoms. The standard InChI is InChI=1S/C30H29NO3/c1-30(2,34)17-16-20-8-10-23(11-9-20)29(33)31-18-4-6-24(19-31)28(32)26-15-14-22-13-12-21-5-3-7-25(26)27(21)22/h3,5,7-11,14-15,24,34H,4,6,12-13,18-19H2,1-2H3/t24-/m1/s1. The number of hydrogen-bond donors (Lipinski definition) is 1. The Hall–Kier alpha value is -3.42. The predicted octanol–water partition coefficient (Wildman–Crippen LogP) is 4.80. The zero-order chi connectivity index (χ0) is 23.9. The molecule has 1 amide bonds. The largest absolute Gasteiger partial charge is 0.378 e. The summed E-state index contributed by atoms with van der Waals surface area (Å²) >= 11 is 0. The van der Waals surface area contributed by atoms with Gasteiger partial charge in [-0.05, 0) is 85.7 Å². The van der Waals surface area contributed by atoms with Gasteiger partial charge in [-0.2, -0.15) is 0 Å². The van der Waals surface area contributed by atoms with Crippen LogP contribution in [0.3, 0.4) is 0 Å². The van der Waals surface area contributed by atoms with Crippen LogP contribution in [-0.4, -0.2) is 40.4 Å². The number of hydrogen-bond acceptors (Lipinski definition) is 3. The summed E-state index contributed by atoms with van der Waals surface area (Å²) in [6.07, 6.45) is 3.70. The molecule has 4 nitrogen and oxygen atoms in total. The number of nitrogens with zero attached hydrogens (tertiary/aromatic N) is 1. The molecule has 0 saturated carbocycles. The van der Waals surface area contributed by atoms with Gasteiger partial charge < -0.3 is 10.0 Å². The highest BCUT2D eigenvalue weighted by Crippen LogP contribution is 2.34. The molecule has 3 aromatic carbocycles. The van der Waals surface area contributed by atoms with Crippen molar-refractivity contribution in [3.8, 4) is 11.8 Å². The third-order valence-corrected chi connectivity index (χ3v) is 6.87. The van der Waals surface area contributed by atoms with Crippen molar-refractivity contribution in [2.24, 2.45) is 5.92 Å². The van der Waals surface area contributed by atoms with Crippen LogP contribution in [0.2, 0.25) is 0 Å². The Morgan fingerprint density at radius 1 is 1.00 bits per heavy atom. The SMILES string of the molecule is CC(C)(O)C#Cc1ccc(C(=O)N2CCC[C@@H](C(=O)c3ccc4c5c(cccc35)CC4)C2)cc1. The van der Waals surface area contributed by atoms with E-state index in [4.69, 9.17) is 0 Å². The average molecular weight is 452 g/mol. The van der Waals surface area contributed by atoms with Crippen LogP contribution in [0.15, 0.2) is 54.6 Å². The monoisotopic (exact) mass is 451 g/mol. The van der Waals surface area contributed by atoms with Gasteiger partial charge in [0.1, 0.15) is 5.60 Å². The van der Waals surface area contributed by atoms with Crippen molar-refractivity contribution in [1.82, 2.24) is 4.90 Å². The first-order valence-corrected chi connectivity index (χ1v) is 12.0. The topological polar surface area (TPSA) is 57.6 Å². The second kappa shape index (κ2) is 8.74. The van der Waals surface area contributed by atoms with Crippen LogP contribution in [0.4, 0.5) is 0 Å². The lowest BCUT2D eigenvalue weighted by Crippen LogP contribution is -2.42. The van der Waals surface area contributed by atoms with Gasteiger partial charge in [0.2, 0.25) is 0 Å². The van der Waals surface area contributed by atoms with Gasteiger partial charge in [0.25, 0.3) is 5.91 Å². The van der Waals surface area contributed by atoms with Gasteiger partial charge in [-0.3, -0.25) is 9.59 Å². The second-order valence-electron chi connectivity index (χ2n) is 9.95. The van der Waals surface area contributed by atoms with Crippen LogP contribution in [-0.2, 0) is 12.8 Å². The molecule has 1 aliphatic heterocycles. The molecule has 0 unspecified atom stereocenters.